The van der Waals surface area contributed by atoms with Crippen LogP contribution in [0, 0.1) is 20.2 Å². The Labute approximate surface area is 114 Å². The summed E-state index contributed by atoms with van der Waals surface area (Å²) in [6.45, 7) is 5.13. The fourth-order valence-corrected chi connectivity index (χ4v) is 1.92. The molecule has 0 amide bonds. The first-order valence-corrected chi connectivity index (χ1v) is 5.72. The number of carboxylic acid groups (broad SMARTS) is 1. The minimum absolute atomic E-state index is 0.000556. The van der Waals surface area contributed by atoms with Gasteiger partial charge in [0.05, 0.1) is 22.3 Å². The van der Waals surface area contributed by atoms with Gasteiger partial charge >= 0.3 is 5.97 Å². The van der Waals surface area contributed by atoms with Crippen LogP contribution in [0.25, 0.3) is 0 Å². The third-order valence-electron chi connectivity index (χ3n) is 2.75. The fourth-order valence-electron chi connectivity index (χ4n) is 1.92. The van der Waals surface area contributed by atoms with Crippen molar-refractivity contribution in [1.82, 2.24) is 0 Å². The van der Waals surface area contributed by atoms with Crippen LogP contribution in [-0.4, -0.2) is 20.9 Å². The first-order chi connectivity index (χ1) is 9.04. The normalized spacial score (nSPS) is 11.2. The highest BCUT2D eigenvalue weighted by molar-refractivity contribution is 5.74. The number of benzene rings is 1. The lowest BCUT2D eigenvalue weighted by atomic mass is 9.82. The van der Waals surface area contributed by atoms with Gasteiger partial charge < -0.3 is 5.11 Å². The zero-order chi connectivity index (χ0) is 15.7. The summed E-state index contributed by atoms with van der Waals surface area (Å²) in [6.07, 6.45) is -0.555. The van der Waals surface area contributed by atoms with Crippen LogP contribution >= 0.6 is 0 Å². The molecule has 1 aromatic rings. The van der Waals surface area contributed by atoms with Gasteiger partial charge in [-0.3, -0.25) is 25.0 Å². The van der Waals surface area contributed by atoms with Gasteiger partial charge in [0.1, 0.15) is 0 Å². The molecule has 0 atom stereocenters. The third-order valence-corrected chi connectivity index (χ3v) is 2.75. The zero-order valence-corrected chi connectivity index (χ0v) is 11.2. The van der Waals surface area contributed by atoms with Gasteiger partial charge in [-0.25, -0.2) is 0 Å². The lowest BCUT2D eigenvalue weighted by Crippen LogP contribution is -2.18. The summed E-state index contributed by atoms with van der Waals surface area (Å²) in [5.41, 5.74) is -1.31. The van der Waals surface area contributed by atoms with Crippen molar-refractivity contribution in [3.63, 3.8) is 0 Å². The van der Waals surface area contributed by atoms with E-state index >= 15 is 0 Å². The molecular formula is C12H14N2O6. The number of hydrogen-bond acceptors (Lipinski definition) is 5. The van der Waals surface area contributed by atoms with Crippen LogP contribution in [0.15, 0.2) is 12.1 Å². The number of nitro benzene ring substituents is 2. The molecule has 8 heteroatoms. The number of carboxylic acids is 1. The average molecular weight is 282 g/mol. The van der Waals surface area contributed by atoms with Crippen molar-refractivity contribution in [2.45, 2.75) is 32.6 Å². The quantitative estimate of drug-likeness (QED) is 0.668. The van der Waals surface area contributed by atoms with E-state index in [2.05, 4.69) is 0 Å². The van der Waals surface area contributed by atoms with Gasteiger partial charge in [0, 0.05) is 11.6 Å². The maximum absolute atomic E-state index is 11.0. The van der Waals surface area contributed by atoms with Gasteiger partial charge in [-0.2, -0.15) is 0 Å². The fraction of sp³-hybridized carbons (Fsp3) is 0.417. The molecule has 0 spiro atoms. The van der Waals surface area contributed by atoms with E-state index in [-0.39, 0.29) is 5.56 Å². The lowest BCUT2D eigenvalue weighted by Gasteiger charge is -2.22. The Balaban J connectivity index is 3.71. The van der Waals surface area contributed by atoms with Gasteiger partial charge in [0.15, 0.2) is 0 Å². The summed E-state index contributed by atoms with van der Waals surface area (Å²) < 4.78 is 0. The Hall–Kier alpha value is -2.51. The van der Waals surface area contributed by atoms with Crippen LogP contribution in [0.5, 0.6) is 0 Å². The third kappa shape index (κ3) is 3.28. The molecule has 0 aliphatic heterocycles. The number of non-ortho nitro benzene ring substituents is 1. The molecule has 1 rings (SSSR count). The van der Waals surface area contributed by atoms with Gasteiger partial charge in [-0.05, 0) is 11.0 Å². The molecule has 8 nitrogen and oxygen atoms in total. The second-order valence-electron chi connectivity index (χ2n) is 5.33. The number of rotatable bonds is 4. The van der Waals surface area contributed by atoms with Crippen molar-refractivity contribution in [3.8, 4) is 0 Å². The van der Waals surface area contributed by atoms with Crippen LogP contribution in [0.3, 0.4) is 0 Å². The molecule has 0 saturated heterocycles. The van der Waals surface area contributed by atoms with Crippen LogP contribution in [-0.2, 0) is 16.6 Å². The summed E-state index contributed by atoms with van der Waals surface area (Å²) in [4.78, 5) is 31.3. The van der Waals surface area contributed by atoms with Crippen molar-refractivity contribution >= 4 is 17.3 Å². The van der Waals surface area contributed by atoms with E-state index in [0.29, 0.717) is 5.56 Å². The molecule has 0 saturated carbocycles. The van der Waals surface area contributed by atoms with Crippen molar-refractivity contribution in [2.24, 2.45) is 0 Å². The monoisotopic (exact) mass is 282 g/mol. The molecule has 1 aromatic carbocycles. The van der Waals surface area contributed by atoms with Crippen LogP contribution in [0.4, 0.5) is 11.4 Å². The SMILES string of the molecule is CC(C)(C)c1cc([N+](=O)[O-])cc([N+](=O)[O-])c1CC(=O)O. The maximum atomic E-state index is 11.0. The van der Waals surface area contributed by atoms with E-state index < -0.39 is 39.0 Å². The molecule has 0 aromatic heterocycles. The second kappa shape index (κ2) is 5.24. The minimum Gasteiger partial charge on any atom is -0.481 e. The number of carbonyl (C=O) groups is 1. The molecule has 108 valence electrons. The Kier molecular flexibility index (Phi) is 4.07. The molecule has 0 fully saturated rings. The first kappa shape index (κ1) is 15.5. The summed E-state index contributed by atoms with van der Waals surface area (Å²) in [5, 5.41) is 30.8. The van der Waals surface area contributed by atoms with Gasteiger partial charge in [0.25, 0.3) is 11.4 Å². The number of hydrogen-bond donors (Lipinski definition) is 1. The standard InChI is InChI=1S/C12H14N2O6/c1-12(2,3)9-4-7(13(17)18)5-10(14(19)20)8(9)6-11(15)16/h4-5H,6H2,1-3H3,(H,15,16). The summed E-state index contributed by atoms with van der Waals surface area (Å²) in [6, 6.07) is 2.00. The van der Waals surface area contributed by atoms with Crippen molar-refractivity contribution < 1.29 is 19.7 Å². The van der Waals surface area contributed by atoms with Crippen LogP contribution < -0.4 is 0 Å². The lowest BCUT2D eigenvalue weighted by molar-refractivity contribution is -0.394. The van der Waals surface area contributed by atoms with E-state index in [1.54, 1.807) is 20.8 Å². The summed E-state index contributed by atoms with van der Waals surface area (Å²) in [7, 11) is 0. The molecule has 0 bridgehead atoms. The van der Waals surface area contributed by atoms with Crippen LogP contribution in [0.1, 0.15) is 31.9 Å². The van der Waals surface area contributed by atoms with Crippen LogP contribution in [0.2, 0.25) is 0 Å². The molecule has 0 aliphatic rings. The van der Waals surface area contributed by atoms with Gasteiger partial charge in [-0.15, -0.1) is 0 Å². The largest absolute Gasteiger partial charge is 0.481 e. The highest BCUT2D eigenvalue weighted by atomic mass is 16.6. The van der Waals surface area contributed by atoms with E-state index in [4.69, 9.17) is 5.11 Å². The van der Waals surface area contributed by atoms with Crippen molar-refractivity contribution in [1.29, 1.82) is 0 Å². The summed E-state index contributed by atoms with van der Waals surface area (Å²) in [5.74, 6) is -1.23. The molecule has 0 aliphatic carbocycles. The molecule has 20 heavy (non-hydrogen) atoms. The van der Waals surface area contributed by atoms with Gasteiger partial charge in [-0.1, -0.05) is 20.8 Å². The predicted octanol–water partition coefficient (Wildman–Crippen LogP) is 2.43. The average Bonchev–Trinajstić information content (AvgIpc) is 2.25. The first-order valence-electron chi connectivity index (χ1n) is 5.72. The van der Waals surface area contributed by atoms with Crippen molar-refractivity contribution in [3.05, 3.63) is 43.5 Å². The zero-order valence-electron chi connectivity index (χ0n) is 11.2. The van der Waals surface area contributed by atoms with Crippen molar-refractivity contribution in [2.75, 3.05) is 0 Å². The van der Waals surface area contributed by atoms with E-state index in [1.165, 1.54) is 6.07 Å². The molecule has 1 N–H and O–H groups in total. The Morgan fingerprint density at radius 2 is 1.75 bits per heavy atom. The highest BCUT2D eigenvalue weighted by Gasteiger charge is 2.30. The van der Waals surface area contributed by atoms with Gasteiger partial charge in [0.2, 0.25) is 0 Å². The van der Waals surface area contributed by atoms with E-state index in [9.17, 15) is 25.0 Å². The predicted molar refractivity (Wildman–Crippen MR) is 69.8 cm³/mol. The molecule has 0 radical (unpaired) electrons. The van der Waals surface area contributed by atoms with E-state index in [1.807, 2.05) is 0 Å². The smallest absolute Gasteiger partial charge is 0.308 e. The second-order valence-corrected chi connectivity index (χ2v) is 5.33. The number of aliphatic carboxylic acids is 1. The Bertz CT molecular complexity index is 588. The molecular weight excluding hydrogens is 268 g/mol. The van der Waals surface area contributed by atoms with E-state index in [0.717, 1.165) is 6.07 Å². The Morgan fingerprint density at radius 3 is 2.10 bits per heavy atom. The molecule has 0 heterocycles. The maximum Gasteiger partial charge on any atom is 0.308 e. The molecule has 0 unspecified atom stereocenters. The minimum atomic E-state index is -1.23. The Morgan fingerprint density at radius 1 is 1.20 bits per heavy atom. The topological polar surface area (TPSA) is 124 Å². The highest BCUT2D eigenvalue weighted by Crippen LogP contribution is 2.36. The summed E-state index contributed by atoms with van der Waals surface area (Å²) >= 11 is 0. The number of nitro groups is 2. The number of nitrogens with zero attached hydrogens (tertiary/aromatic N) is 2.